The summed E-state index contributed by atoms with van der Waals surface area (Å²) in [5, 5.41) is 6.93. The predicted molar refractivity (Wildman–Crippen MR) is 128 cm³/mol. The number of amides is 3. The van der Waals surface area contributed by atoms with Crippen molar-refractivity contribution >= 4 is 29.3 Å². The van der Waals surface area contributed by atoms with E-state index in [-0.39, 0.29) is 35.7 Å². The van der Waals surface area contributed by atoms with Gasteiger partial charge in [-0.15, -0.1) is 0 Å². The molecule has 0 bridgehead atoms. The third-order valence-corrected chi connectivity index (χ3v) is 6.94. The van der Waals surface area contributed by atoms with Crippen molar-refractivity contribution in [2.45, 2.75) is 50.6 Å². The molecule has 7 heteroatoms. The second-order valence-corrected chi connectivity index (χ2v) is 9.36. The van der Waals surface area contributed by atoms with Crippen molar-refractivity contribution in [1.29, 1.82) is 0 Å². The molecule has 6 nitrogen and oxygen atoms in total. The number of hydrogen-bond donors (Lipinski definition) is 2. The Balaban J connectivity index is 1.29. The summed E-state index contributed by atoms with van der Waals surface area (Å²) in [5.41, 5.74) is 1.24. The fourth-order valence-electron chi connectivity index (χ4n) is 4.74. The molecule has 2 N–H and O–H groups in total. The molecule has 33 heavy (non-hydrogen) atoms. The molecular weight excluding hydrogens is 438 g/mol. The van der Waals surface area contributed by atoms with Crippen molar-refractivity contribution in [3.8, 4) is 0 Å². The summed E-state index contributed by atoms with van der Waals surface area (Å²) in [5.74, 6) is -0.219. The van der Waals surface area contributed by atoms with Crippen LogP contribution in [-0.2, 0) is 4.79 Å². The van der Waals surface area contributed by atoms with Crippen LogP contribution in [-0.4, -0.2) is 47.8 Å². The second-order valence-electron chi connectivity index (χ2n) is 8.92. The van der Waals surface area contributed by atoms with Crippen molar-refractivity contribution in [3.63, 3.8) is 0 Å². The Bertz CT molecular complexity index is 972. The molecule has 4 rings (SSSR count). The van der Waals surface area contributed by atoms with E-state index >= 15 is 0 Å². The van der Waals surface area contributed by atoms with E-state index in [4.69, 9.17) is 11.6 Å². The Morgan fingerprint density at radius 2 is 1.36 bits per heavy atom. The van der Waals surface area contributed by atoms with Crippen LogP contribution in [0.4, 0.5) is 0 Å². The number of benzene rings is 2. The third kappa shape index (κ3) is 5.93. The molecule has 1 aliphatic heterocycles. The summed E-state index contributed by atoms with van der Waals surface area (Å²) in [6, 6.07) is 15.9. The maximum atomic E-state index is 13.0. The number of carbonyl (C=O) groups is 3. The van der Waals surface area contributed by atoms with E-state index in [1.807, 2.05) is 18.2 Å². The molecule has 1 unspecified atom stereocenters. The van der Waals surface area contributed by atoms with Crippen molar-refractivity contribution in [2.24, 2.45) is 5.92 Å². The van der Waals surface area contributed by atoms with Crippen molar-refractivity contribution in [3.05, 3.63) is 70.7 Å². The highest BCUT2D eigenvalue weighted by molar-refractivity contribution is 6.30. The van der Waals surface area contributed by atoms with Gasteiger partial charge in [-0.3, -0.25) is 14.4 Å². The molecule has 1 aliphatic carbocycles. The van der Waals surface area contributed by atoms with Crippen molar-refractivity contribution in [2.75, 3.05) is 13.1 Å². The lowest BCUT2D eigenvalue weighted by molar-refractivity contribution is -0.127. The summed E-state index contributed by atoms with van der Waals surface area (Å²) in [6.45, 7) is 1.11. The normalized spacial score (nSPS) is 21.3. The van der Waals surface area contributed by atoms with Crippen LogP contribution in [0.2, 0.25) is 5.02 Å². The first kappa shape index (κ1) is 23.3. The van der Waals surface area contributed by atoms with Crippen LogP contribution >= 0.6 is 11.6 Å². The maximum Gasteiger partial charge on any atom is 0.253 e. The van der Waals surface area contributed by atoms with Crippen LogP contribution < -0.4 is 10.6 Å². The van der Waals surface area contributed by atoms with Crippen LogP contribution in [0.5, 0.6) is 0 Å². The van der Waals surface area contributed by atoms with E-state index in [2.05, 4.69) is 10.6 Å². The molecule has 174 valence electrons. The Hall–Kier alpha value is -2.86. The SMILES string of the molecule is O=C(N[C@@H]1CCCCC1NC(=O)C1CCN(C(=O)c2ccc(Cl)cc2)CC1)c1ccccc1. The third-order valence-electron chi connectivity index (χ3n) is 6.69. The highest BCUT2D eigenvalue weighted by Crippen LogP contribution is 2.23. The van der Waals surface area contributed by atoms with Gasteiger partial charge in [0.25, 0.3) is 11.8 Å². The number of hydrogen-bond acceptors (Lipinski definition) is 3. The van der Waals surface area contributed by atoms with E-state index in [9.17, 15) is 14.4 Å². The summed E-state index contributed by atoms with van der Waals surface area (Å²) in [7, 11) is 0. The highest BCUT2D eigenvalue weighted by atomic mass is 35.5. The first-order chi connectivity index (χ1) is 16.0. The fourth-order valence-corrected chi connectivity index (χ4v) is 4.86. The van der Waals surface area contributed by atoms with E-state index in [0.717, 1.165) is 25.7 Å². The molecule has 0 radical (unpaired) electrons. The lowest BCUT2D eigenvalue weighted by Crippen LogP contribution is -2.55. The standard InChI is InChI=1S/C26H30ClN3O3/c27-21-12-10-20(11-13-21)26(33)30-16-14-19(15-17-30)25(32)29-23-9-5-4-8-22(23)28-24(31)18-6-2-1-3-7-18/h1-3,6-7,10-13,19,22-23H,4-5,8-9,14-17H2,(H,28,31)(H,29,32)/t22-,23?/m1/s1. The number of nitrogens with one attached hydrogen (secondary N) is 2. The first-order valence-corrected chi connectivity index (χ1v) is 12.1. The average molecular weight is 468 g/mol. The molecule has 1 heterocycles. The lowest BCUT2D eigenvalue weighted by Gasteiger charge is -2.36. The Kier molecular flexibility index (Phi) is 7.65. The number of nitrogens with zero attached hydrogens (tertiary/aromatic N) is 1. The smallest absolute Gasteiger partial charge is 0.253 e. The van der Waals surface area contributed by atoms with Gasteiger partial charge in [0.15, 0.2) is 0 Å². The van der Waals surface area contributed by atoms with E-state index < -0.39 is 0 Å². The molecular formula is C26H30ClN3O3. The zero-order valence-electron chi connectivity index (χ0n) is 18.6. The van der Waals surface area contributed by atoms with Gasteiger partial charge in [0.05, 0.1) is 0 Å². The van der Waals surface area contributed by atoms with Gasteiger partial charge in [-0.2, -0.15) is 0 Å². The van der Waals surface area contributed by atoms with Crippen LogP contribution in [0.25, 0.3) is 0 Å². The van der Waals surface area contributed by atoms with E-state index in [1.165, 1.54) is 0 Å². The van der Waals surface area contributed by atoms with Crippen LogP contribution in [0.1, 0.15) is 59.2 Å². The van der Waals surface area contributed by atoms with E-state index in [0.29, 0.717) is 42.1 Å². The van der Waals surface area contributed by atoms with Gasteiger partial charge in [-0.1, -0.05) is 42.6 Å². The Morgan fingerprint density at radius 1 is 0.758 bits per heavy atom. The molecule has 3 amide bonds. The zero-order chi connectivity index (χ0) is 23.2. The molecule has 1 saturated heterocycles. The van der Waals surface area contributed by atoms with Crippen molar-refractivity contribution in [1.82, 2.24) is 15.5 Å². The van der Waals surface area contributed by atoms with Crippen molar-refractivity contribution < 1.29 is 14.4 Å². The number of rotatable bonds is 5. The number of carbonyl (C=O) groups excluding carboxylic acids is 3. The zero-order valence-corrected chi connectivity index (χ0v) is 19.4. The molecule has 2 atom stereocenters. The van der Waals surface area contributed by atoms with Gasteiger partial charge in [-0.25, -0.2) is 0 Å². The molecule has 1 saturated carbocycles. The quantitative estimate of drug-likeness (QED) is 0.696. The largest absolute Gasteiger partial charge is 0.351 e. The van der Waals surface area contributed by atoms with Crippen LogP contribution in [0.15, 0.2) is 54.6 Å². The molecule has 2 aromatic carbocycles. The molecule has 2 fully saturated rings. The first-order valence-electron chi connectivity index (χ1n) is 11.7. The Morgan fingerprint density at radius 3 is 2.00 bits per heavy atom. The molecule has 0 aromatic heterocycles. The fraction of sp³-hybridized carbons (Fsp3) is 0.423. The molecule has 2 aliphatic rings. The lowest BCUT2D eigenvalue weighted by atomic mass is 9.88. The monoisotopic (exact) mass is 467 g/mol. The van der Waals surface area contributed by atoms with Gasteiger partial charge >= 0.3 is 0 Å². The minimum Gasteiger partial charge on any atom is -0.351 e. The Labute approximate surface area is 199 Å². The van der Waals surface area contributed by atoms with Gasteiger partial charge in [0, 0.05) is 47.2 Å². The summed E-state index contributed by atoms with van der Waals surface area (Å²) >= 11 is 5.91. The number of piperidine rings is 1. The second kappa shape index (κ2) is 10.8. The number of likely N-dealkylation sites (tertiary alicyclic amines) is 1. The minimum absolute atomic E-state index is 0.0264. The van der Waals surface area contributed by atoms with E-state index in [1.54, 1.807) is 41.3 Å². The summed E-state index contributed by atoms with van der Waals surface area (Å²) < 4.78 is 0. The summed E-state index contributed by atoms with van der Waals surface area (Å²) in [4.78, 5) is 40.1. The average Bonchev–Trinajstić information content (AvgIpc) is 2.86. The highest BCUT2D eigenvalue weighted by Gasteiger charge is 2.32. The van der Waals surface area contributed by atoms with Crippen LogP contribution in [0, 0.1) is 5.92 Å². The minimum atomic E-state index is -0.119. The number of halogens is 1. The van der Waals surface area contributed by atoms with Gasteiger partial charge in [-0.05, 0) is 62.1 Å². The molecule has 2 aromatic rings. The van der Waals surface area contributed by atoms with Gasteiger partial charge < -0.3 is 15.5 Å². The molecule has 0 spiro atoms. The predicted octanol–water partition coefficient (Wildman–Crippen LogP) is 4.05. The van der Waals surface area contributed by atoms with Gasteiger partial charge in [0.1, 0.15) is 0 Å². The van der Waals surface area contributed by atoms with Crippen LogP contribution in [0.3, 0.4) is 0 Å². The van der Waals surface area contributed by atoms with Gasteiger partial charge in [0.2, 0.25) is 5.91 Å². The summed E-state index contributed by atoms with van der Waals surface area (Å²) in [6.07, 6.45) is 5.07. The maximum absolute atomic E-state index is 13.0. The topological polar surface area (TPSA) is 78.5 Å².